The molecule has 0 spiro atoms. The lowest BCUT2D eigenvalue weighted by molar-refractivity contribution is -0.688. The Bertz CT molecular complexity index is 1480. The number of anilines is 1. The molecule has 2 amide bonds. The summed E-state index contributed by atoms with van der Waals surface area (Å²) in [6.45, 7) is 2.38. The first-order valence-corrected chi connectivity index (χ1v) is 13.3. The summed E-state index contributed by atoms with van der Waals surface area (Å²) in [4.78, 5) is 48.4. The summed E-state index contributed by atoms with van der Waals surface area (Å²) in [5.41, 5.74) is 8.42. The van der Waals surface area contributed by atoms with Gasteiger partial charge in [0.1, 0.15) is 35.4 Å². The zero-order valence-electron chi connectivity index (χ0n) is 20.0. The molecule has 0 bridgehead atoms. The minimum absolute atomic E-state index is 0.0434. The van der Waals surface area contributed by atoms with Crippen LogP contribution in [0.5, 0.6) is 0 Å². The molecule has 14 heteroatoms. The number of nitrogens with zero attached hydrogens (tertiary/aromatic N) is 5. The van der Waals surface area contributed by atoms with Crippen LogP contribution in [0.4, 0.5) is 5.13 Å². The highest BCUT2D eigenvalue weighted by molar-refractivity contribution is 8.00. The van der Waals surface area contributed by atoms with E-state index < -0.39 is 29.2 Å². The van der Waals surface area contributed by atoms with Crippen LogP contribution in [0.2, 0.25) is 0 Å². The summed E-state index contributed by atoms with van der Waals surface area (Å²) >= 11 is 2.54. The smallest absolute Gasteiger partial charge is 0.352 e. The summed E-state index contributed by atoms with van der Waals surface area (Å²) in [5, 5.41) is 17.7. The third-order valence-electron chi connectivity index (χ3n) is 6.14. The number of rotatable bonds is 8. The number of aliphatic carboxylic acids is 1. The first-order valence-electron chi connectivity index (χ1n) is 11.3. The maximum Gasteiger partial charge on any atom is 0.352 e. The summed E-state index contributed by atoms with van der Waals surface area (Å²) in [6, 6.07) is 3.03. The molecule has 5 rings (SSSR count). The van der Waals surface area contributed by atoms with Crippen molar-refractivity contribution in [2.75, 3.05) is 18.6 Å². The number of amides is 2. The molecule has 0 aliphatic carbocycles. The highest BCUT2D eigenvalue weighted by Gasteiger charge is 2.54. The monoisotopic (exact) mass is 542 g/mol. The molecule has 4 N–H and O–H groups in total. The molecule has 3 aromatic rings. The maximum absolute atomic E-state index is 13.1. The van der Waals surface area contributed by atoms with Gasteiger partial charge >= 0.3 is 5.97 Å². The van der Waals surface area contributed by atoms with E-state index in [-0.39, 0.29) is 22.2 Å². The first-order chi connectivity index (χ1) is 17.8. The van der Waals surface area contributed by atoms with Gasteiger partial charge in [-0.25, -0.2) is 9.78 Å². The molecular weight excluding hydrogens is 518 g/mol. The lowest BCUT2D eigenvalue weighted by atomic mass is 10.0. The molecule has 0 radical (unpaired) electrons. The predicted molar refractivity (Wildman–Crippen MR) is 137 cm³/mol. The topological polar surface area (TPSA) is 156 Å². The van der Waals surface area contributed by atoms with Crippen LogP contribution < -0.4 is 15.6 Å². The van der Waals surface area contributed by atoms with Crippen LogP contribution in [-0.2, 0) is 32.2 Å². The number of oxime groups is 1. The van der Waals surface area contributed by atoms with Gasteiger partial charge in [-0.1, -0.05) is 12.1 Å². The Kier molecular flexibility index (Phi) is 6.60. The molecule has 0 unspecified atom stereocenters. The first kappa shape index (κ1) is 24.8. The zero-order valence-corrected chi connectivity index (χ0v) is 21.6. The van der Waals surface area contributed by atoms with Crippen LogP contribution >= 0.6 is 23.1 Å². The Morgan fingerprint density at radius 1 is 1.41 bits per heavy atom. The molecule has 5 heterocycles. The molecule has 1 fully saturated rings. The van der Waals surface area contributed by atoms with Gasteiger partial charge in [0.25, 0.3) is 11.8 Å². The molecule has 37 heavy (non-hydrogen) atoms. The number of β-lactam (4-membered cyclic amide) rings is 1. The predicted octanol–water partition coefficient (Wildman–Crippen LogP) is 0.617. The Hall–Kier alpha value is -3.91. The van der Waals surface area contributed by atoms with E-state index in [4.69, 9.17) is 10.6 Å². The minimum Gasteiger partial charge on any atom is -0.477 e. The fourth-order valence-electron chi connectivity index (χ4n) is 4.50. The number of carbonyl (C=O) groups is 3. The third kappa shape index (κ3) is 4.42. The highest BCUT2D eigenvalue weighted by Crippen LogP contribution is 2.40. The number of hydrogen-bond acceptors (Lipinski definition) is 9. The van der Waals surface area contributed by atoms with Crippen LogP contribution in [0.1, 0.15) is 18.3 Å². The van der Waals surface area contributed by atoms with Gasteiger partial charge in [-0.05, 0) is 18.6 Å². The van der Waals surface area contributed by atoms with Gasteiger partial charge in [-0.15, -0.1) is 23.1 Å². The molecule has 3 aromatic heterocycles. The van der Waals surface area contributed by atoms with Crippen molar-refractivity contribution in [3.63, 3.8) is 0 Å². The number of carboxylic acid groups (broad SMARTS) is 1. The standard InChI is InChI=1S/C23H23N7O5S2/c1-3-13-8-28(9-14-5-4-6-29(13)14)7-12-10-36-21-17(20(32)30(21)18(12)22(33)34)26-19(31)16(27-35-2)15-11-37-23(24)25-15/h4-6,8-9,11,17,21H,3,7,10H2,1-2H3,(H3-,24,25,26,31,33,34)/p+1/b27-16-/t17-,21-/m1/s1. The van der Waals surface area contributed by atoms with Crippen molar-refractivity contribution < 1.29 is 28.9 Å². The average molecular weight is 543 g/mol. The lowest BCUT2D eigenvalue weighted by Gasteiger charge is -2.49. The van der Waals surface area contributed by atoms with Crippen molar-refractivity contribution in [2.24, 2.45) is 5.16 Å². The Balaban J connectivity index is 1.38. The number of hydrogen-bond donors (Lipinski definition) is 3. The van der Waals surface area contributed by atoms with Crippen molar-refractivity contribution in [1.29, 1.82) is 0 Å². The van der Waals surface area contributed by atoms with Crippen molar-refractivity contribution >= 4 is 57.2 Å². The maximum atomic E-state index is 13.1. The fraction of sp³-hybridized carbons (Fsp3) is 0.304. The van der Waals surface area contributed by atoms with Crippen LogP contribution in [0.25, 0.3) is 5.52 Å². The number of nitrogens with two attached hydrogens (primary N) is 1. The van der Waals surface area contributed by atoms with E-state index in [0.717, 1.165) is 29.0 Å². The SMILES string of the molecule is CCc1c[n+](CC2=C(C(=O)O)N3C(=O)[C@@H](NC(=O)/C(=N\OC)c4csc(N)n4)[C@H]3SC2)cc2cccn12. The van der Waals surface area contributed by atoms with Gasteiger partial charge in [0.05, 0.1) is 5.69 Å². The van der Waals surface area contributed by atoms with E-state index in [2.05, 4.69) is 26.8 Å². The summed E-state index contributed by atoms with van der Waals surface area (Å²) in [5.74, 6) is -1.96. The Morgan fingerprint density at radius 2 is 2.22 bits per heavy atom. The van der Waals surface area contributed by atoms with E-state index >= 15 is 0 Å². The van der Waals surface area contributed by atoms with Gasteiger partial charge < -0.3 is 25.4 Å². The number of fused-ring (bicyclic) bond motifs is 2. The van der Waals surface area contributed by atoms with E-state index in [1.807, 2.05) is 35.3 Å². The van der Waals surface area contributed by atoms with Crippen molar-refractivity contribution in [1.82, 2.24) is 19.6 Å². The molecule has 2 aliphatic heterocycles. The van der Waals surface area contributed by atoms with Crippen molar-refractivity contribution in [2.45, 2.75) is 31.3 Å². The van der Waals surface area contributed by atoms with E-state index in [9.17, 15) is 19.5 Å². The lowest BCUT2D eigenvalue weighted by Crippen LogP contribution is -2.71. The third-order valence-corrected chi connectivity index (χ3v) is 8.15. The van der Waals surface area contributed by atoms with Crippen LogP contribution in [0.15, 0.2) is 52.5 Å². The number of carbonyl (C=O) groups excluding carboxylic acids is 2. The van der Waals surface area contributed by atoms with Gasteiger partial charge in [-0.2, -0.15) is 4.57 Å². The van der Waals surface area contributed by atoms with Gasteiger partial charge in [0.15, 0.2) is 29.8 Å². The molecule has 12 nitrogen and oxygen atoms in total. The largest absolute Gasteiger partial charge is 0.477 e. The minimum atomic E-state index is -1.18. The molecular formula is C23H24N7O5S2+. The second-order valence-electron chi connectivity index (χ2n) is 8.39. The number of thiazole rings is 1. The molecule has 1 saturated heterocycles. The number of nitrogens with one attached hydrogen (secondary N) is 1. The van der Waals surface area contributed by atoms with E-state index in [1.54, 1.807) is 5.38 Å². The van der Waals surface area contributed by atoms with Crippen LogP contribution in [0, 0.1) is 0 Å². The second kappa shape index (κ2) is 9.86. The van der Waals surface area contributed by atoms with Gasteiger partial charge in [0, 0.05) is 22.9 Å². The quantitative estimate of drug-likeness (QED) is 0.162. The Labute approximate surface area is 219 Å². The number of nitrogen functional groups attached to an aromatic ring is 1. The van der Waals surface area contributed by atoms with E-state index in [1.165, 1.54) is 23.8 Å². The fourth-order valence-corrected chi connectivity index (χ4v) is 6.38. The van der Waals surface area contributed by atoms with Crippen molar-refractivity contribution in [3.8, 4) is 0 Å². The van der Waals surface area contributed by atoms with Crippen molar-refractivity contribution in [3.05, 3.63) is 58.8 Å². The number of carboxylic acids is 1. The molecule has 2 aliphatic rings. The molecule has 192 valence electrons. The van der Waals surface area contributed by atoms with E-state index in [0.29, 0.717) is 17.9 Å². The van der Waals surface area contributed by atoms with Crippen LogP contribution in [0.3, 0.4) is 0 Å². The average Bonchev–Trinajstić information content (AvgIpc) is 3.53. The van der Waals surface area contributed by atoms with Crippen LogP contribution in [-0.4, -0.2) is 67.2 Å². The number of aromatic nitrogens is 3. The van der Waals surface area contributed by atoms with Gasteiger partial charge in [0.2, 0.25) is 0 Å². The number of thioether (sulfide) groups is 1. The van der Waals surface area contributed by atoms with Gasteiger partial charge in [-0.3, -0.25) is 14.5 Å². The zero-order chi connectivity index (χ0) is 26.3. The molecule has 0 aromatic carbocycles. The second-order valence-corrected chi connectivity index (χ2v) is 10.4. The number of aryl methyl sites for hydroxylation is 1. The summed E-state index contributed by atoms with van der Waals surface area (Å²) < 4.78 is 4.03. The normalized spacial score (nSPS) is 19.6. The molecule has 2 atom stereocenters. The Morgan fingerprint density at radius 3 is 2.89 bits per heavy atom. The highest BCUT2D eigenvalue weighted by atomic mass is 32.2. The summed E-state index contributed by atoms with van der Waals surface area (Å²) in [6.07, 6.45) is 6.73. The summed E-state index contributed by atoms with van der Waals surface area (Å²) in [7, 11) is 1.29. The molecule has 0 saturated carbocycles.